The van der Waals surface area contributed by atoms with Crippen LogP contribution in [0, 0.1) is 0 Å². The third-order valence-electron chi connectivity index (χ3n) is 2.27. The normalized spacial score (nSPS) is 11.1. The lowest BCUT2D eigenvalue weighted by atomic mass is 10.2. The molecule has 0 radical (unpaired) electrons. The van der Waals surface area contributed by atoms with E-state index in [0.29, 0.717) is 0 Å². The number of ketones is 1. The molecule has 19 heavy (non-hydrogen) atoms. The van der Waals surface area contributed by atoms with Gasteiger partial charge in [0.15, 0.2) is 0 Å². The van der Waals surface area contributed by atoms with Gasteiger partial charge >= 0.3 is 12.1 Å². The van der Waals surface area contributed by atoms with Crippen LogP contribution in [0.4, 0.5) is 18.9 Å². The van der Waals surface area contributed by atoms with E-state index in [4.69, 9.17) is 5.11 Å². The minimum absolute atomic E-state index is 0.0530. The third-order valence-corrected chi connectivity index (χ3v) is 2.27. The number of benzene rings is 1. The fourth-order valence-corrected chi connectivity index (χ4v) is 1.41. The number of Topliss-reactive ketones (excluding diaryl/α,β-unsaturated/α-hetero) is 1. The number of anilines is 1. The second-order valence-corrected chi connectivity index (χ2v) is 3.86. The summed E-state index contributed by atoms with van der Waals surface area (Å²) in [7, 11) is 0. The highest BCUT2D eigenvalue weighted by Crippen LogP contribution is 2.30. The molecule has 0 aliphatic heterocycles. The molecule has 0 saturated carbocycles. The third kappa shape index (κ3) is 5.41. The van der Waals surface area contributed by atoms with Gasteiger partial charge in [-0.1, -0.05) is 6.07 Å². The van der Waals surface area contributed by atoms with Gasteiger partial charge in [-0.3, -0.25) is 9.59 Å². The molecule has 4 nitrogen and oxygen atoms in total. The van der Waals surface area contributed by atoms with E-state index in [1.807, 2.05) is 0 Å². The SMILES string of the molecule is O=C(O)CC(=O)CCNc1cccc(C(F)(F)F)c1. The molecule has 1 aromatic rings. The van der Waals surface area contributed by atoms with Crippen molar-refractivity contribution >= 4 is 17.4 Å². The fraction of sp³-hybridized carbons (Fsp3) is 0.333. The zero-order valence-electron chi connectivity index (χ0n) is 9.83. The Morgan fingerprint density at radius 1 is 1.26 bits per heavy atom. The van der Waals surface area contributed by atoms with E-state index >= 15 is 0 Å². The monoisotopic (exact) mass is 275 g/mol. The average molecular weight is 275 g/mol. The summed E-state index contributed by atoms with van der Waals surface area (Å²) in [5, 5.41) is 11.0. The van der Waals surface area contributed by atoms with Gasteiger partial charge in [-0.15, -0.1) is 0 Å². The molecular weight excluding hydrogens is 263 g/mol. The maximum atomic E-state index is 12.4. The van der Waals surface area contributed by atoms with Crippen LogP contribution in [0.1, 0.15) is 18.4 Å². The zero-order chi connectivity index (χ0) is 14.5. The van der Waals surface area contributed by atoms with Crippen molar-refractivity contribution in [2.45, 2.75) is 19.0 Å². The molecule has 0 fully saturated rings. The predicted octanol–water partition coefficient (Wildman–Crippen LogP) is 2.55. The topological polar surface area (TPSA) is 66.4 Å². The van der Waals surface area contributed by atoms with Crippen molar-refractivity contribution in [3.8, 4) is 0 Å². The molecule has 0 heterocycles. The Balaban J connectivity index is 2.50. The minimum atomic E-state index is -4.42. The Labute approximate surface area is 107 Å². The lowest BCUT2D eigenvalue weighted by Gasteiger charge is -2.10. The van der Waals surface area contributed by atoms with Gasteiger partial charge in [-0.2, -0.15) is 13.2 Å². The van der Waals surface area contributed by atoms with Crippen LogP contribution in [0.25, 0.3) is 0 Å². The Kier molecular flexibility index (Phi) is 4.91. The van der Waals surface area contributed by atoms with Crippen LogP contribution in [0.5, 0.6) is 0 Å². The van der Waals surface area contributed by atoms with Gasteiger partial charge in [0.05, 0.1) is 5.56 Å². The minimum Gasteiger partial charge on any atom is -0.481 e. The summed E-state index contributed by atoms with van der Waals surface area (Å²) in [5.74, 6) is -1.70. The molecule has 2 N–H and O–H groups in total. The molecule has 0 aliphatic carbocycles. The van der Waals surface area contributed by atoms with Crippen LogP contribution in [0.2, 0.25) is 0 Å². The highest BCUT2D eigenvalue weighted by Gasteiger charge is 2.30. The fourth-order valence-electron chi connectivity index (χ4n) is 1.41. The zero-order valence-corrected chi connectivity index (χ0v) is 9.83. The predicted molar refractivity (Wildman–Crippen MR) is 61.8 cm³/mol. The Morgan fingerprint density at radius 2 is 1.95 bits per heavy atom. The average Bonchev–Trinajstić information content (AvgIpc) is 2.27. The molecule has 0 spiro atoms. The Hall–Kier alpha value is -2.05. The maximum absolute atomic E-state index is 12.4. The molecule has 0 aliphatic rings. The first-order valence-electron chi connectivity index (χ1n) is 5.43. The van der Waals surface area contributed by atoms with Crippen molar-refractivity contribution in [3.63, 3.8) is 0 Å². The molecule has 0 amide bonds. The number of carbonyl (C=O) groups is 2. The number of alkyl halides is 3. The summed E-state index contributed by atoms with van der Waals surface area (Å²) in [6.45, 7) is 0.0907. The van der Waals surface area contributed by atoms with Gasteiger partial charge in [0, 0.05) is 18.7 Å². The van der Waals surface area contributed by atoms with Gasteiger partial charge in [0.1, 0.15) is 12.2 Å². The standard InChI is InChI=1S/C12H12F3NO3/c13-12(14,15)8-2-1-3-9(6-8)16-5-4-10(17)7-11(18)19/h1-3,6,16H,4-5,7H2,(H,18,19). The van der Waals surface area contributed by atoms with Crippen molar-refractivity contribution in [2.75, 3.05) is 11.9 Å². The van der Waals surface area contributed by atoms with Crippen molar-refractivity contribution < 1.29 is 27.9 Å². The second kappa shape index (κ2) is 6.21. The van der Waals surface area contributed by atoms with Gasteiger partial charge in [-0.05, 0) is 18.2 Å². The van der Waals surface area contributed by atoms with E-state index < -0.39 is 29.9 Å². The van der Waals surface area contributed by atoms with Crippen molar-refractivity contribution in [2.24, 2.45) is 0 Å². The van der Waals surface area contributed by atoms with E-state index in [0.717, 1.165) is 12.1 Å². The number of carboxylic acid groups (broad SMARTS) is 1. The van der Waals surface area contributed by atoms with Crippen LogP contribution < -0.4 is 5.32 Å². The van der Waals surface area contributed by atoms with Crippen molar-refractivity contribution in [3.05, 3.63) is 29.8 Å². The first kappa shape index (κ1) is 15.0. The highest BCUT2D eigenvalue weighted by molar-refractivity contribution is 5.94. The van der Waals surface area contributed by atoms with E-state index in [1.54, 1.807) is 0 Å². The number of hydrogen-bond acceptors (Lipinski definition) is 3. The Bertz CT molecular complexity index is 472. The molecule has 0 atom stereocenters. The molecular formula is C12H12F3NO3. The largest absolute Gasteiger partial charge is 0.481 e. The van der Waals surface area contributed by atoms with Crippen LogP contribution in [-0.2, 0) is 15.8 Å². The number of carboxylic acids is 1. The van der Waals surface area contributed by atoms with Crippen LogP contribution in [0.3, 0.4) is 0 Å². The summed E-state index contributed by atoms with van der Waals surface area (Å²) in [6, 6.07) is 4.57. The highest BCUT2D eigenvalue weighted by atomic mass is 19.4. The number of aliphatic carboxylic acids is 1. The molecule has 0 unspecified atom stereocenters. The van der Waals surface area contributed by atoms with Gasteiger partial charge in [0.25, 0.3) is 0 Å². The van der Waals surface area contributed by atoms with Crippen molar-refractivity contribution in [1.82, 2.24) is 0 Å². The van der Waals surface area contributed by atoms with Crippen LogP contribution in [0.15, 0.2) is 24.3 Å². The molecule has 7 heteroatoms. The molecule has 104 valence electrons. The van der Waals surface area contributed by atoms with E-state index in [-0.39, 0.29) is 18.7 Å². The number of hydrogen-bond donors (Lipinski definition) is 2. The second-order valence-electron chi connectivity index (χ2n) is 3.86. The van der Waals surface area contributed by atoms with E-state index in [1.165, 1.54) is 12.1 Å². The number of nitrogens with one attached hydrogen (secondary N) is 1. The van der Waals surface area contributed by atoms with Gasteiger partial charge in [-0.25, -0.2) is 0 Å². The van der Waals surface area contributed by atoms with Crippen LogP contribution >= 0.6 is 0 Å². The van der Waals surface area contributed by atoms with Gasteiger partial charge < -0.3 is 10.4 Å². The smallest absolute Gasteiger partial charge is 0.416 e. The lowest BCUT2D eigenvalue weighted by molar-refractivity contribution is -0.140. The first-order valence-corrected chi connectivity index (χ1v) is 5.43. The van der Waals surface area contributed by atoms with E-state index in [9.17, 15) is 22.8 Å². The quantitative estimate of drug-likeness (QED) is 0.783. The number of carbonyl (C=O) groups excluding carboxylic acids is 1. The summed E-state index contributed by atoms with van der Waals surface area (Å²) >= 11 is 0. The van der Waals surface area contributed by atoms with Crippen LogP contribution in [-0.4, -0.2) is 23.4 Å². The summed E-state index contributed by atoms with van der Waals surface area (Å²) in [4.78, 5) is 21.3. The molecule has 1 aromatic carbocycles. The summed E-state index contributed by atoms with van der Waals surface area (Å²) in [6.07, 6.45) is -5.05. The first-order chi connectivity index (χ1) is 8.79. The Morgan fingerprint density at radius 3 is 2.53 bits per heavy atom. The molecule has 0 bridgehead atoms. The van der Waals surface area contributed by atoms with Crippen molar-refractivity contribution in [1.29, 1.82) is 0 Å². The number of halogens is 3. The molecule has 0 aromatic heterocycles. The molecule has 1 rings (SSSR count). The van der Waals surface area contributed by atoms with Gasteiger partial charge in [0.2, 0.25) is 0 Å². The number of rotatable bonds is 6. The lowest BCUT2D eigenvalue weighted by Crippen LogP contribution is -2.12. The maximum Gasteiger partial charge on any atom is 0.416 e. The molecule has 0 saturated heterocycles. The van der Waals surface area contributed by atoms with E-state index in [2.05, 4.69) is 5.32 Å². The summed E-state index contributed by atoms with van der Waals surface area (Å²) < 4.78 is 37.2. The summed E-state index contributed by atoms with van der Waals surface area (Å²) in [5.41, 5.74) is -0.549.